The molecule has 5 heteroatoms. The number of aromatic amines is 1. The first kappa shape index (κ1) is 14.7. The molecule has 0 radical (unpaired) electrons. The van der Waals surface area contributed by atoms with Crippen LogP contribution in [0.2, 0.25) is 0 Å². The maximum Gasteiger partial charge on any atom is 0.138 e. The summed E-state index contributed by atoms with van der Waals surface area (Å²) >= 11 is 5.22. The van der Waals surface area contributed by atoms with Gasteiger partial charge in [-0.15, -0.1) is 0 Å². The number of hydrogen-bond donors (Lipinski definition) is 1. The van der Waals surface area contributed by atoms with E-state index < -0.39 is 0 Å². The Hall–Kier alpha value is -1.75. The van der Waals surface area contributed by atoms with Gasteiger partial charge < -0.3 is 9.72 Å². The van der Waals surface area contributed by atoms with Crippen LogP contribution < -0.4 is 4.74 Å². The van der Waals surface area contributed by atoms with Gasteiger partial charge in [-0.1, -0.05) is 19.1 Å². The molecule has 2 aromatic heterocycles. The molecule has 20 heavy (non-hydrogen) atoms. The van der Waals surface area contributed by atoms with Crippen LogP contribution in [0.1, 0.15) is 33.0 Å². The number of nitrogens with one attached hydrogen (secondary N) is 1. The molecule has 2 rings (SSSR count). The molecule has 0 unspecified atom stereocenters. The van der Waals surface area contributed by atoms with E-state index in [4.69, 9.17) is 17.0 Å². The molecule has 0 spiro atoms. The molecule has 0 atom stereocenters. The first-order chi connectivity index (χ1) is 9.58. The second-order valence-corrected chi connectivity index (χ2v) is 5.32. The minimum atomic E-state index is 0.124. The predicted octanol–water partition coefficient (Wildman–Crippen LogP) is 3.94. The molecule has 0 aliphatic heterocycles. The highest BCUT2D eigenvalue weighted by Crippen LogP contribution is 2.22. The van der Waals surface area contributed by atoms with Gasteiger partial charge in [-0.3, -0.25) is 4.98 Å². The highest BCUT2D eigenvalue weighted by molar-refractivity contribution is 7.71. The number of aryl methyl sites for hydroxylation is 1. The molecular formula is C15H19N3OS. The van der Waals surface area contributed by atoms with Crippen LogP contribution in [-0.2, 0) is 6.42 Å². The molecule has 4 nitrogen and oxygen atoms in total. The summed E-state index contributed by atoms with van der Waals surface area (Å²) in [4.78, 5) is 11.9. The molecule has 0 bridgehead atoms. The van der Waals surface area contributed by atoms with Crippen molar-refractivity contribution < 1.29 is 4.74 Å². The first-order valence-electron chi connectivity index (χ1n) is 6.80. The Morgan fingerprint density at radius 3 is 2.80 bits per heavy atom. The highest BCUT2D eigenvalue weighted by atomic mass is 32.1. The maximum absolute atomic E-state index is 5.67. The van der Waals surface area contributed by atoms with Gasteiger partial charge in [0.05, 0.1) is 18.0 Å². The molecule has 1 N–H and O–H groups in total. The molecular weight excluding hydrogens is 270 g/mol. The van der Waals surface area contributed by atoms with Crippen molar-refractivity contribution in [2.75, 3.05) is 0 Å². The lowest BCUT2D eigenvalue weighted by Crippen LogP contribution is -2.06. The Balaban J connectivity index is 2.38. The van der Waals surface area contributed by atoms with Crippen LogP contribution in [0.3, 0.4) is 0 Å². The van der Waals surface area contributed by atoms with E-state index in [1.807, 2.05) is 26.0 Å². The Labute approximate surface area is 124 Å². The zero-order valence-electron chi connectivity index (χ0n) is 12.0. The molecule has 0 aliphatic rings. The van der Waals surface area contributed by atoms with Gasteiger partial charge in [0.1, 0.15) is 16.2 Å². The fourth-order valence-corrected chi connectivity index (χ4v) is 2.15. The Morgan fingerprint density at radius 2 is 2.10 bits per heavy atom. The third kappa shape index (κ3) is 3.87. The largest absolute Gasteiger partial charge is 0.489 e. The van der Waals surface area contributed by atoms with Gasteiger partial charge in [-0.05, 0) is 32.4 Å². The Bertz CT molecular complexity index is 637. The van der Waals surface area contributed by atoms with Crippen LogP contribution in [0.5, 0.6) is 5.75 Å². The molecule has 0 saturated carbocycles. The topological polar surface area (TPSA) is 50.8 Å². The second-order valence-electron chi connectivity index (χ2n) is 4.91. The molecule has 0 amide bonds. The number of rotatable bonds is 5. The van der Waals surface area contributed by atoms with Gasteiger partial charge in [0, 0.05) is 18.2 Å². The quantitative estimate of drug-likeness (QED) is 0.847. The number of ether oxygens (including phenoxy) is 1. The number of nitrogens with zero attached hydrogens (tertiary/aromatic N) is 2. The van der Waals surface area contributed by atoms with Crippen LogP contribution >= 0.6 is 12.2 Å². The van der Waals surface area contributed by atoms with E-state index in [1.165, 1.54) is 0 Å². The molecule has 2 heterocycles. The lowest BCUT2D eigenvalue weighted by Gasteiger charge is -2.11. The van der Waals surface area contributed by atoms with Gasteiger partial charge in [-0.2, -0.15) is 0 Å². The Kier molecular flexibility index (Phi) is 4.84. The summed E-state index contributed by atoms with van der Waals surface area (Å²) in [6.07, 6.45) is 5.54. The maximum atomic E-state index is 5.67. The van der Waals surface area contributed by atoms with Gasteiger partial charge in [0.25, 0.3) is 0 Å². The van der Waals surface area contributed by atoms with Crippen molar-refractivity contribution in [1.29, 1.82) is 0 Å². The third-order valence-corrected chi connectivity index (χ3v) is 2.88. The van der Waals surface area contributed by atoms with Crippen molar-refractivity contribution in [2.45, 2.75) is 39.7 Å². The zero-order chi connectivity index (χ0) is 14.5. The molecule has 0 aromatic carbocycles. The summed E-state index contributed by atoms with van der Waals surface area (Å²) in [5, 5.41) is 0. The number of H-pyrrole nitrogens is 1. The minimum Gasteiger partial charge on any atom is -0.489 e. The number of hydrogen-bond acceptors (Lipinski definition) is 4. The predicted molar refractivity (Wildman–Crippen MR) is 82.4 cm³/mol. The SMILES string of the molecule is CCCc1nc(=S)cc(-c2cncc(OC(C)C)c2)[nH]1. The second kappa shape index (κ2) is 6.61. The summed E-state index contributed by atoms with van der Waals surface area (Å²) in [5.41, 5.74) is 1.88. The zero-order valence-corrected chi connectivity index (χ0v) is 12.8. The molecule has 0 fully saturated rings. The highest BCUT2D eigenvalue weighted by Gasteiger charge is 2.05. The normalized spacial score (nSPS) is 10.8. The van der Waals surface area contributed by atoms with Crippen LogP contribution in [0.15, 0.2) is 24.5 Å². The number of aromatic nitrogens is 3. The van der Waals surface area contributed by atoms with E-state index in [0.29, 0.717) is 4.64 Å². The molecule has 106 valence electrons. The first-order valence-corrected chi connectivity index (χ1v) is 7.21. The standard InChI is InChI=1S/C15H19N3OS/c1-4-5-14-17-13(7-15(20)18-14)11-6-12(9-16-8-11)19-10(2)3/h6-10H,4-5H2,1-3H3,(H,17,18,20). The average Bonchev–Trinajstić information content (AvgIpc) is 2.38. The number of pyridine rings is 1. The van der Waals surface area contributed by atoms with Crippen molar-refractivity contribution >= 4 is 12.2 Å². The summed E-state index contributed by atoms with van der Waals surface area (Å²) in [7, 11) is 0. The average molecular weight is 289 g/mol. The smallest absolute Gasteiger partial charge is 0.138 e. The van der Waals surface area contributed by atoms with Crippen molar-refractivity contribution in [3.63, 3.8) is 0 Å². The van der Waals surface area contributed by atoms with Crippen LogP contribution in [0.4, 0.5) is 0 Å². The van der Waals surface area contributed by atoms with Gasteiger partial charge in [-0.25, -0.2) is 4.98 Å². The lowest BCUT2D eigenvalue weighted by molar-refractivity contribution is 0.241. The lowest BCUT2D eigenvalue weighted by atomic mass is 10.2. The van der Waals surface area contributed by atoms with Crippen LogP contribution in [0, 0.1) is 4.64 Å². The molecule has 0 saturated heterocycles. The van der Waals surface area contributed by atoms with E-state index in [2.05, 4.69) is 21.9 Å². The molecule has 0 aliphatic carbocycles. The van der Waals surface area contributed by atoms with E-state index >= 15 is 0 Å². The van der Waals surface area contributed by atoms with Gasteiger partial charge in [0.2, 0.25) is 0 Å². The molecule has 2 aromatic rings. The summed E-state index contributed by atoms with van der Waals surface area (Å²) in [5.74, 6) is 1.66. The third-order valence-electron chi connectivity index (χ3n) is 2.67. The summed E-state index contributed by atoms with van der Waals surface area (Å²) in [6, 6.07) is 3.81. The Morgan fingerprint density at radius 1 is 1.30 bits per heavy atom. The monoisotopic (exact) mass is 289 g/mol. The van der Waals surface area contributed by atoms with E-state index in [-0.39, 0.29) is 6.10 Å². The van der Waals surface area contributed by atoms with E-state index in [0.717, 1.165) is 35.7 Å². The van der Waals surface area contributed by atoms with Gasteiger partial charge in [0.15, 0.2) is 0 Å². The fraction of sp³-hybridized carbons (Fsp3) is 0.400. The van der Waals surface area contributed by atoms with Crippen LogP contribution in [-0.4, -0.2) is 21.1 Å². The van der Waals surface area contributed by atoms with Crippen molar-refractivity contribution in [1.82, 2.24) is 15.0 Å². The summed E-state index contributed by atoms with van der Waals surface area (Å²) < 4.78 is 6.26. The van der Waals surface area contributed by atoms with Crippen molar-refractivity contribution in [3.05, 3.63) is 35.0 Å². The fourth-order valence-electron chi connectivity index (χ4n) is 1.92. The van der Waals surface area contributed by atoms with Gasteiger partial charge >= 0.3 is 0 Å². The van der Waals surface area contributed by atoms with E-state index in [1.54, 1.807) is 12.4 Å². The van der Waals surface area contributed by atoms with Crippen LogP contribution in [0.25, 0.3) is 11.3 Å². The summed E-state index contributed by atoms with van der Waals surface area (Å²) in [6.45, 7) is 6.10. The van der Waals surface area contributed by atoms with E-state index in [9.17, 15) is 0 Å². The van der Waals surface area contributed by atoms with Crippen molar-refractivity contribution in [2.24, 2.45) is 0 Å². The van der Waals surface area contributed by atoms with Crippen molar-refractivity contribution in [3.8, 4) is 17.0 Å². The minimum absolute atomic E-state index is 0.124.